The maximum Gasteiger partial charge on any atom is 0.311 e. The normalized spacial score (nSPS) is 10.5. The van der Waals surface area contributed by atoms with Crippen molar-refractivity contribution >= 4 is 18.1 Å². The molecule has 2 N–H and O–H groups in total. The fourth-order valence-electron chi connectivity index (χ4n) is 2.27. The van der Waals surface area contributed by atoms with Gasteiger partial charge in [0.1, 0.15) is 0 Å². The fraction of sp³-hybridized carbons (Fsp3) is 0.625. The molecule has 1 aromatic carbocycles. The third kappa shape index (κ3) is 7.92. The van der Waals surface area contributed by atoms with Gasteiger partial charge in [-0.15, -0.1) is 12.4 Å². The van der Waals surface area contributed by atoms with Crippen molar-refractivity contribution in [2.24, 2.45) is 0 Å². The SMILES string of the molecule is CCCCCOc1ccc(CN(CCO)CCO)cc1[N+](=O)[O-].Cl. The molecule has 0 aliphatic carbocycles. The Balaban J connectivity index is 0.00000529. The first kappa shape index (κ1) is 22.6. The van der Waals surface area contributed by atoms with E-state index in [9.17, 15) is 10.1 Å². The Morgan fingerprint density at radius 2 is 1.88 bits per heavy atom. The average Bonchev–Trinajstić information content (AvgIpc) is 2.53. The lowest BCUT2D eigenvalue weighted by Gasteiger charge is -2.20. The standard InChI is InChI=1S/C16H26N2O5.ClH/c1-2-3-4-11-23-16-6-5-14(12-15(16)18(21)22)13-17(7-9-19)8-10-20;/h5-6,12,19-20H,2-4,7-11,13H2,1H3;1H. The Kier molecular flexibility index (Phi) is 12.2. The number of halogens is 1. The highest BCUT2D eigenvalue weighted by Gasteiger charge is 2.17. The smallest absolute Gasteiger partial charge is 0.311 e. The number of rotatable bonds is 12. The molecule has 0 unspecified atom stereocenters. The second kappa shape index (κ2) is 12.9. The first-order valence-electron chi connectivity index (χ1n) is 7.96. The van der Waals surface area contributed by atoms with Gasteiger partial charge in [-0.05, 0) is 18.1 Å². The second-order valence-electron chi connectivity index (χ2n) is 5.34. The van der Waals surface area contributed by atoms with Crippen LogP contribution in [0.2, 0.25) is 0 Å². The number of unbranched alkanes of at least 4 members (excludes halogenated alkanes) is 2. The van der Waals surface area contributed by atoms with Gasteiger partial charge in [0.2, 0.25) is 0 Å². The zero-order valence-corrected chi connectivity index (χ0v) is 14.8. The quantitative estimate of drug-likeness (QED) is 0.336. The van der Waals surface area contributed by atoms with E-state index in [1.165, 1.54) is 6.07 Å². The molecule has 0 fully saturated rings. The van der Waals surface area contributed by atoms with Crippen molar-refractivity contribution in [2.45, 2.75) is 32.7 Å². The fourth-order valence-corrected chi connectivity index (χ4v) is 2.27. The third-order valence-electron chi connectivity index (χ3n) is 3.46. The molecule has 0 amide bonds. The summed E-state index contributed by atoms with van der Waals surface area (Å²) < 4.78 is 5.52. The summed E-state index contributed by atoms with van der Waals surface area (Å²) in [7, 11) is 0. The van der Waals surface area contributed by atoms with Crippen LogP contribution < -0.4 is 4.74 Å². The molecule has 0 bridgehead atoms. The molecule has 0 aliphatic rings. The zero-order chi connectivity index (χ0) is 17.1. The molecule has 7 nitrogen and oxygen atoms in total. The topological polar surface area (TPSA) is 96.1 Å². The van der Waals surface area contributed by atoms with Crippen LogP contribution in [0.5, 0.6) is 5.75 Å². The molecule has 0 aliphatic heterocycles. The van der Waals surface area contributed by atoms with Crippen molar-refractivity contribution < 1.29 is 19.9 Å². The van der Waals surface area contributed by atoms with E-state index in [0.717, 1.165) is 24.8 Å². The summed E-state index contributed by atoms with van der Waals surface area (Å²) in [4.78, 5) is 12.6. The lowest BCUT2D eigenvalue weighted by molar-refractivity contribution is -0.385. The summed E-state index contributed by atoms with van der Waals surface area (Å²) in [6.45, 7) is 3.74. The molecule has 1 aromatic rings. The number of nitro benzene ring substituents is 1. The molecule has 8 heteroatoms. The lowest BCUT2D eigenvalue weighted by atomic mass is 10.1. The van der Waals surface area contributed by atoms with E-state index < -0.39 is 4.92 Å². The van der Waals surface area contributed by atoms with Crippen molar-refractivity contribution in [1.29, 1.82) is 0 Å². The van der Waals surface area contributed by atoms with Gasteiger partial charge in [0, 0.05) is 25.7 Å². The molecule has 0 spiro atoms. The summed E-state index contributed by atoms with van der Waals surface area (Å²) >= 11 is 0. The van der Waals surface area contributed by atoms with E-state index in [1.54, 1.807) is 12.1 Å². The van der Waals surface area contributed by atoms with E-state index in [4.69, 9.17) is 14.9 Å². The second-order valence-corrected chi connectivity index (χ2v) is 5.34. The van der Waals surface area contributed by atoms with Crippen LogP contribution in [0.15, 0.2) is 18.2 Å². The molecule has 0 radical (unpaired) electrons. The Morgan fingerprint density at radius 3 is 2.42 bits per heavy atom. The van der Waals surface area contributed by atoms with Crippen LogP contribution in [0, 0.1) is 10.1 Å². The van der Waals surface area contributed by atoms with E-state index in [2.05, 4.69) is 6.92 Å². The number of nitrogens with zero attached hydrogens (tertiary/aromatic N) is 2. The Morgan fingerprint density at radius 1 is 1.21 bits per heavy atom. The predicted molar refractivity (Wildman–Crippen MR) is 94.8 cm³/mol. The number of benzene rings is 1. The predicted octanol–water partition coefficient (Wildman–Crippen LogP) is 2.37. The highest BCUT2D eigenvalue weighted by atomic mass is 35.5. The van der Waals surface area contributed by atoms with Crippen LogP contribution in [0.25, 0.3) is 0 Å². The van der Waals surface area contributed by atoms with Crippen molar-refractivity contribution in [3.63, 3.8) is 0 Å². The highest BCUT2D eigenvalue weighted by molar-refractivity contribution is 5.85. The molecule has 24 heavy (non-hydrogen) atoms. The first-order chi connectivity index (χ1) is 11.1. The largest absolute Gasteiger partial charge is 0.487 e. The van der Waals surface area contributed by atoms with Gasteiger partial charge in [-0.3, -0.25) is 15.0 Å². The van der Waals surface area contributed by atoms with E-state index in [1.807, 2.05) is 4.90 Å². The molecular weight excluding hydrogens is 336 g/mol. The van der Waals surface area contributed by atoms with E-state index in [0.29, 0.717) is 26.2 Å². The number of ether oxygens (including phenoxy) is 1. The van der Waals surface area contributed by atoms with Gasteiger partial charge in [-0.2, -0.15) is 0 Å². The minimum absolute atomic E-state index is 0. The van der Waals surface area contributed by atoms with Crippen molar-refractivity contribution in [2.75, 3.05) is 32.9 Å². The summed E-state index contributed by atoms with van der Waals surface area (Å²) in [5.41, 5.74) is 0.700. The van der Waals surface area contributed by atoms with Gasteiger partial charge in [0.05, 0.1) is 24.7 Å². The van der Waals surface area contributed by atoms with Crippen LogP contribution in [-0.2, 0) is 6.54 Å². The van der Waals surface area contributed by atoms with Crippen LogP contribution in [0.1, 0.15) is 31.7 Å². The first-order valence-corrected chi connectivity index (χ1v) is 7.96. The van der Waals surface area contributed by atoms with Gasteiger partial charge in [0.25, 0.3) is 0 Å². The summed E-state index contributed by atoms with van der Waals surface area (Å²) in [6, 6.07) is 4.90. The van der Waals surface area contributed by atoms with Gasteiger partial charge < -0.3 is 14.9 Å². The number of nitro groups is 1. The van der Waals surface area contributed by atoms with E-state index >= 15 is 0 Å². The maximum absolute atomic E-state index is 11.2. The molecule has 0 heterocycles. The molecule has 0 aromatic heterocycles. The summed E-state index contributed by atoms with van der Waals surface area (Å²) in [5, 5.41) is 29.3. The van der Waals surface area contributed by atoms with Crippen molar-refractivity contribution in [1.82, 2.24) is 4.90 Å². The highest BCUT2D eigenvalue weighted by Crippen LogP contribution is 2.28. The van der Waals surface area contributed by atoms with E-state index in [-0.39, 0.29) is 37.1 Å². The minimum atomic E-state index is -0.443. The molecule has 1 rings (SSSR count). The van der Waals surface area contributed by atoms with Gasteiger partial charge >= 0.3 is 5.69 Å². The average molecular weight is 363 g/mol. The summed E-state index contributed by atoms with van der Waals surface area (Å²) in [6.07, 6.45) is 2.97. The van der Waals surface area contributed by atoms with Crippen LogP contribution in [-0.4, -0.2) is 52.9 Å². The third-order valence-corrected chi connectivity index (χ3v) is 3.46. The Hall–Kier alpha value is -1.41. The number of aliphatic hydroxyl groups is 2. The Labute approximate surface area is 148 Å². The number of hydrogen-bond donors (Lipinski definition) is 2. The van der Waals surface area contributed by atoms with Gasteiger partial charge in [0.15, 0.2) is 5.75 Å². The van der Waals surface area contributed by atoms with Crippen molar-refractivity contribution in [3.05, 3.63) is 33.9 Å². The van der Waals surface area contributed by atoms with Crippen LogP contribution >= 0.6 is 12.4 Å². The molecule has 138 valence electrons. The molecular formula is C16H27ClN2O5. The lowest BCUT2D eigenvalue weighted by Crippen LogP contribution is -2.29. The maximum atomic E-state index is 11.2. The minimum Gasteiger partial charge on any atom is -0.487 e. The number of hydrogen-bond acceptors (Lipinski definition) is 6. The monoisotopic (exact) mass is 362 g/mol. The van der Waals surface area contributed by atoms with Gasteiger partial charge in [-0.25, -0.2) is 0 Å². The van der Waals surface area contributed by atoms with Crippen LogP contribution in [0.3, 0.4) is 0 Å². The Bertz CT molecular complexity index is 482. The number of aliphatic hydroxyl groups excluding tert-OH is 2. The van der Waals surface area contributed by atoms with Crippen LogP contribution in [0.4, 0.5) is 5.69 Å². The van der Waals surface area contributed by atoms with Crippen molar-refractivity contribution in [3.8, 4) is 5.75 Å². The molecule has 0 saturated heterocycles. The van der Waals surface area contributed by atoms with Gasteiger partial charge in [-0.1, -0.05) is 25.8 Å². The molecule has 0 saturated carbocycles. The summed E-state index contributed by atoms with van der Waals surface area (Å²) in [5.74, 6) is 0.283. The molecule has 0 atom stereocenters. The zero-order valence-electron chi connectivity index (χ0n) is 14.0.